The molecular weight excluding hydrogens is 301 g/mol. The van der Waals surface area contributed by atoms with Gasteiger partial charge in [-0.1, -0.05) is 25.1 Å². The zero-order valence-electron chi connectivity index (χ0n) is 12.9. The Morgan fingerprint density at radius 2 is 1.78 bits per heavy atom. The van der Waals surface area contributed by atoms with Crippen LogP contribution in [0.5, 0.6) is 0 Å². The molecule has 23 heavy (non-hydrogen) atoms. The van der Waals surface area contributed by atoms with Gasteiger partial charge < -0.3 is 9.88 Å². The number of halogens is 3. The van der Waals surface area contributed by atoms with Gasteiger partial charge in [-0.2, -0.15) is 13.2 Å². The number of fused-ring (bicyclic) bond motifs is 1. The average Bonchev–Trinajstić information content (AvgIpc) is 2.89. The number of hydrogen-bond acceptors (Lipinski definition) is 1. The molecule has 5 heteroatoms. The summed E-state index contributed by atoms with van der Waals surface area (Å²) < 4.78 is 40.1. The summed E-state index contributed by atoms with van der Waals surface area (Å²) >= 11 is 0. The number of benzene rings is 1. The normalized spacial score (nSPS) is 16.0. The summed E-state index contributed by atoms with van der Waals surface area (Å²) in [7, 11) is 0. The molecule has 0 fully saturated rings. The minimum Gasteiger partial charge on any atom is -0.352 e. The smallest absolute Gasteiger partial charge is 0.352 e. The van der Waals surface area contributed by atoms with Crippen LogP contribution in [0.4, 0.5) is 13.2 Å². The lowest BCUT2D eigenvalue weighted by Crippen LogP contribution is -2.19. The summed E-state index contributed by atoms with van der Waals surface area (Å²) in [5.41, 5.74) is 3.97. The van der Waals surface area contributed by atoms with E-state index >= 15 is 0 Å². The number of aryl methyl sites for hydroxylation is 1. The molecule has 0 radical (unpaired) electrons. The molecule has 2 aromatic rings. The van der Waals surface area contributed by atoms with Crippen LogP contribution in [0.2, 0.25) is 0 Å². The van der Waals surface area contributed by atoms with Gasteiger partial charge in [-0.25, -0.2) is 0 Å². The van der Waals surface area contributed by atoms with Gasteiger partial charge in [0.15, 0.2) is 0 Å². The summed E-state index contributed by atoms with van der Waals surface area (Å²) in [5.74, 6) is 0. The fraction of sp³-hybridized carbons (Fsp3) is 0.222. The average molecular weight is 318 g/mol. The van der Waals surface area contributed by atoms with E-state index in [0.29, 0.717) is 0 Å². The van der Waals surface area contributed by atoms with Gasteiger partial charge in [-0.05, 0) is 43.2 Å². The highest BCUT2D eigenvalue weighted by atomic mass is 19.4. The maximum atomic E-state index is 12.7. The zero-order chi connectivity index (χ0) is 16.6. The summed E-state index contributed by atoms with van der Waals surface area (Å²) in [6.45, 7) is 4.05. The lowest BCUT2D eigenvalue weighted by molar-refractivity contribution is -0.137. The Bertz CT molecular complexity index is 778. The fourth-order valence-corrected chi connectivity index (χ4v) is 2.66. The van der Waals surface area contributed by atoms with E-state index in [-0.39, 0.29) is 0 Å². The fourth-order valence-electron chi connectivity index (χ4n) is 2.66. The van der Waals surface area contributed by atoms with Crippen LogP contribution in [0.1, 0.15) is 35.9 Å². The molecule has 0 spiro atoms. The van der Waals surface area contributed by atoms with Gasteiger partial charge in [0.2, 0.25) is 0 Å². The van der Waals surface area contributed by atoms with Gasteiger partial charge in [-0.3, -0.25) is 0 Å². The van der Waals surface area contributed by atoms with Crippen molar-refractivity contribution in [3.63, 3.8) is 0 Å². The molecular formula is C18H17F3N2. The Kier molecular flexibility index (Phi) is 3.80. The molecule has 120 valence electrons. The molecule has 1 aliphatic rings. The monoisotopic (exact) mass is 318 g/mol. The summed E-state index contributed by atoms with van der Waals surface area (Å²) in [4.78, 5) is 0. The Hall–Kier alpha value is -2.43. The molecule has 0 aliphatic carbocycles. The number of allylic oxidation sites excluding steroid dienone is 1. The van der Waals surface area contributed by atoms with E-state index in [1.807, 2.05) is 36.7 Å². The molecule has 0 saturated heterocycles. The van der Waals surface area contributed by atoms with Gasteiger partial charge in [0, 0.05) is 11.9 Å². The molecule has 0 saturated carbocycles. The van der Waals surface area contributed by atoms with E-state index in [1.165, 1.54) is 12.1 Å². The van der Waals surface area contributed by atoms with Crippen molar-refractivity contribution in [1.82, 2.24) is 9.88 Å². The third-order valence-corrected chi connectivity index (χ3v) is 3.86. The van der Waals surface area contributed by atoms with Gasteiger partial charge in [0.25, 0.3) is 0 Å². The van der Waals surface area contributed by atoms with E-state index in [2.05, 4.69) is 11.4 Å². The summed E-state index contributed by atoms with van der Waals surface area (Å²) in [6.07, 6.45) is 0.542. The van der Waals surface area contributed by atoms with Crippen molar-refractivity contribution in [2.75, 3.05) is 0 Å². The maximum absolute atomic E-state index is 12.7. The number of alkyl halides is 3. The van der Waals surface area contributed by atoms with Crippen LogP contribution >= 0.6 is 0 Å². The molecule has 1 aliphatic heterocycles. The Morgan fingerprint density at radius 3 is 2.39 bits per heavy atom. The van der Waals surface area contributed by atoms with E-state index < -0.39 is 11.7 Å². The molecule has 3 rings (SSSR count). The quantitative estimate of drug-likeness (QED) is 0.812. The van der Waals surface area contributed by atoms with Crippen LogP contribution in [0.3, 0.4) is 0 Å². The van der Waals surface area contributed by atoms with E-state index in [4.69, 9.17) is 0 Å². The standard InChI is InChI=1S/C18H17F3N2/c1-3-4-15-17-10-5-12(2)23(17)11-16(22-15)13-6-8-14(9-7-13)18(19,20)21/h4-11,22H,3H2,1-2H3/b15-4+. The summed E-state index contributed by atoms with van der Waals surface area (Å²) in [5, 5.41) is 3.32. The van der Waals surface area contributed by atoms with Crippen molar-refractivity contribution in [3.8, 4) is 0 Å². The van der Waals surface area contributed by atoms with Crippen LogP contribution in [0.15, 0.2) is 42.5 Å². The second kappa shape index (κ2) is 5.65. The molecule has 2 heterocycles. The van der Waals surface area contributed by atoms with Crippen LogP contribution in [0, 0.1) is 6.92 Å². The van der Waals surface area contributed by atoms with Crippen molar-refractivity contribution < 1.29 is 13.2 Å². The van der Waals surface area contributed by atoms with Crippen LogP contribution < -0.4 is 5.32 Å². The zero-order valence-corrected chi connectivity index (χ0v) is 12.9. The first-order valence-electron chi connectivity index (χ1n) is 7.45. The third kappa shape index (κ3) is 2.91. The predicted octanol–water partition coefficient (Wildman–Crippen LogP) is 5.13. The van der Waals surface area contributed by atoms with Crippen LogP contribution in [-0.4, -0.2) is 4.57 Å². The predicted molar refractivity (Wildman–Crippen MR) is 86.2 cm³/mol. The van der Waals surface area contributed by atoms with Gasteiger partial charge >= 0.3 is 6.18 Å². The van der Waals surface area contributed by atoms with Gasteiger partial charge in [0.05, 0.1) is 22.7 Å². The van der Waals surface area contributed by atoms with E-state index in [1.54, 1.807) is 0 Å². The Morgan fingerprint density at radius 1 is 1.09 bits per heavy atom. The van der Waals surface area contributed by atoms with E-state index in [9.17, 15) is 13.2 Å². The third-order valence-electron chi connectivity index (χ3n) is 3.86. The first-order chi connectivity index (χ1) is 10.9. The van der Waals surface area contributed by atoms with E-state index in [0.717, 1.165) is 46.9 Å². The Balaban J connectivity index is 2.02. The molecule has 1 aromatic carbocycles. The number of nitrogens with one attached hydrogen (secondary N) is 1. The molecule has 2 nitrogen and oxygen atoms in total. The highest BCUT2D eigenvalue weighted by Gasteiger charge is 2.30. The first kappa shape index (κ1) is 15.5. The van der Waals surface area contributed by atoms with Crippen LogP contribution in [-0.2, 0) is 6.18 Å². The van der Waals surface area contributed by atoms with Gasteiger partial charge in [-0.15, -0.1) is 0 Å². The van der Waals surface area contributed by atoms with Crippen molar-refractivity contribution in [3.05, 3.63) is 65.0 Å². The molecule has 0 bridgehead atoms. The van der Waals surface area contributed by atoms with Crippen molar-refractivity contribution in [2.45, 2.75) is 26.4 Å². The second-order valence-corrected chi connectivity index (χ2v) is 5.50. The van der Waals surface area contributed by atoms with Crippen molar-refractivity contribution in [1.29, 1.82) is 0 Å². The molecule has 0 amide bonds. The first-order valence-corrected chi connectivity index (χ1v) is 7.45. The number of hydrogen-bond donors (Lipinski definition) is 1. The number of rotatable bonds is 2. The van der Waals surface area contributed by atoms with Crippen LogP contribution in [0.25, 0.3) is 17.6 Å². The van der Waals surface area contributed by atoms with Crippen molar-refractivity contribution >= 4 is 17.6 Å². The second-order valence-electron chi connectivity index (χ2n) is 5.50. The highest BCUT2D eigenvalue weighted by Crippen LogP contribution is 2.32. The minimum atomic E-state index is -4.32. The lowest BCUT2D eigenvalue weighted by Gasteiger charge is -2.22. The topological polar surface area (TPSA) is 17.0 Å². The lowest BCUT2D eigenvalue weighted by atomic mass is 10.1. The maximum Gasteiger partial charge on any atom is 0.416 e. The number of nitrogens with zero attached hydrogens (tertiary/aromatic N) is 1. The van der Waals surface area contributed by atoms with Gasteiger partial charge in [0.1, 0.15) is 0 Å². The molecule has 1 N–H and O–H groups in total. The summed E-state index contributed by atoms with van der Waals surface area (Å²) in [6, 6.07) is 9.26. The highest BCUT2D eigenvalue weighted by molar-refractivity contribution is 5.86. The molecule has 0 atom stereocenters. The minimum absolute atomic E-state index is 0.639. The number of aromatic nitrogens is 1. The Labute approximate surface area is 132 Å². The largest absolute Gasteiger partial charge is 0.416 e. The molecule has 0 unspecified atom stereocenters. The molecule has 1 aromatic heterocycles. The SMILES string of the molecule is CC/C=C1/NC(c2ccc(C(F)(F)F)cc2)=Cn2c(C)ccc21. The van der Waals surface area contributed by atoms with Crippen molar-refractivity contribution in [2.24, 2.45) is 0 Å².